The third-order valence-electron chi connectivity index (χ3n) is 6.94. The van der Waals surface area contributed by atoms with Crippen LogP contribution in [0.2, 0.25) is 0 Å². The molecule has 0 heterocycles. The molecule has 0 atom stereocenters. The zero-order chi connectivity index (χ0) is 36.4. The molecule has 3 aromatic rings. The number of carbonyl (C=O) groups is 5. The summed E-state index contributed by atoms with van der Waals surface area (Å²) < 4.78 is 37.3. The molecule has 264 valence electrons. The third kappa shape index (κ3) is 12.5. The van der Waals surface area contributed by atoms with Gasteiger partial charge in [0.1, 0.15) is 28.8 Å². The molecule has 4 rings (SSSR count). The van der Waals surface area contributed by atoms with Crippen molar-refractivity contribution in [1.82, 2.24) is 0 Å². The van der Waals surface area contributed by atoms with Gasteiger partial charge in [0.05, 0.1) is 43.1 Å². The van der Waals surface area contributed by atoms with Crippen molar-refractivity contribution in [3.63, 3.8) is 0 Å². The van der Waals surface area contributed by atoms with Crippen molar-refractivity contribution < 1.29 is 57.1 Å². The lowest BCUT2D eigenvalue weighted by molar-refractivity contribution is -0.138. The van der Waals surface area contributed by atoms with Crippen LogP contribution >= 0.6 is 0 Å². The summed E-state index contributed by atoms with van der Waals surface area (Å²) in [4.78, 5) is 60.0. The fourth-order valence-electron chi connectivity index (χ4n) is 4.29. The van der Waals surface area contributed by atoms with E-state index in [1.54, 1.807) is 60.7 Å². The molecule has 1 aliphatic rings. The van der Waals surface area contributed by atoms with E-state index in [-0.39, 0.29) is 24.5 Å². The first-order valence-corrected chi connectivity index (χ1v) is 15.9. The standard InChI is InChI=1S/C39H36O12/c1-3-35(40)47-25-5-23-45-30-13-7-27(8-14-30)37(42)49-32-17-11-29(12-18-32)39(44)51-34-21-19-33(20-22-34)50-38(43)28-9-15-31(16-10-28)46-24-6-26-48-36(41)4-2/h3-4,7-19,21H,1-2,5-6,20,22-26H2. The number of hydrogen-bond donors (Lipinski definition) is 0. The minimum absolute atomic E-state index is 0.207. The number of rotatable bonds is 18. The molecule has 51 heavy (non-hydrogen) atoms. The Morgan fingerprint density at radius 1 is 0.490 bits per heavy atom. The molecule has 12 heteroatoms. The Balaban J connectivity index is 1.18. The fourth-order valence-corrected chi connectivity index (χ4v) is 4.29. The summed E-state index contributed by atoms with van der Waals surface area (Å²) in [6, 6.07) is 18.8. The first kappa shape index (κ1) is 37.4. The van der Waals surface area contributed by atoms with Gasteiger partial charge in [-0.05, 0) is 84.9 Å². The van der Waals surface area contributed by atoms with Crippen molar-refractivity contribution in [3.8, 4) is 17.2 Å². The smallest absolute Gasteiger partial charge is 0.343 e. The number of ether oxygens (including phenoxy) is 7. The molecule has 3 aromatic carbocycles. The average molecular weight is 697 g/mol. The molecular weight excluding hydrogens is 660 g/mol. The van der Waals surface area contributed by atoms with E-state index in [4.69, 9.17) is 33.2 Å². The molecule has 0 N–H and O–H groups in total. The second kappa shape index (κ2) is 19.5. The van der Waals surface area contributed by atoms with Crippen LogP contribution in [0.25, 0.3) is 0 Å². The van der Waals surface area contributed by atoms with E-state index in [0.717, 1.165) is 12.2 Å². The topological polar surface area (TPSA) is 150 Å². The summed E-state index contributed by atoms with van der Waals surface area (Å²) in [6.07, 6.45) is 7.02. The van der Waals surface area contributed by atoms with Gasteiger partial charge in [0.2, 0.25) is 0 Å². The third-order valence-corrected chi connectivity index (χ3v) is 6.94. The van der Waals surface area contributed by atoms with Crippen LogP contribution in [0.5, 0.6) is 17.2 Å². The highest BCUT2D eigenvalue weighted by atomic mass is 16.6. The minimum Gasteiger partial charge on any atom is -0.493 e. The molecule has 0 amide bonds. The normalized spacial score (nSPS) is 11.8. The highest BCUT2D eigenvalue weighted by Crippen LogP contribution is 2.24. The van der Waals surface area contributed by atoms with Crippen LogP contribution in [0.1, 0.15) is 56.8 Å². The van der Waals surface area contributed by atoms with Crippen LogP contribution in [0.4, 0.5) is 0 Å². The first-order valence-electron chi connectivity index (χ1n) is 15.9. The van der Waals surface area contributed by atoms with Gasteiger partial charge in [0, 0.05) is 37.8 Å². The molecule has 0 unspecified atom stereocenters. The Hall–Kier alpha value is -6.43. The fraction of sp³-hybridized carbons (Fsp3) is 0.205. The van der Waals surface area contributed by atoms with Gasteiger partial charge < -0.3 is 33.2 Å². The summed E-state index contributed by atoms with van der Waals surface area (Å²) in [6.45, 7) is 7.73. The molecule has 0 aromatic heterocycles. The van der Waals surface area contributed by atoms with Crippen molar-refractivity contribution in [2.24, 2.45) is 0 Å². The van der Waals surface area contributed by atoms with Gasteiger partial charge in [0.25, 0.3) is 0 Å². The van der Waals surface area contributed by atoms with E-state index in [2.05, 4.69) is 13.2 Å². The van der Waals surface area contributed by atoms with Gasteiger partial charge in [-0.3, -0.25) is 0 Å². The molecule has 12 nitrogen and oxygen atoms in total. The second-order valence-electron chi connectivity index (χ2n) is 10.7. The van der Waals surface area contributed by atoms with Crippen molar-refractivity contribution in [2.45, 2.75) is 25.7 Å². The molecule has 0 fully saturated rings. The molecule has 0 bridgehead atoms. The lowest BCUT2D eigenvalue weighted by Gasteiger charge is -2.15. The van der Waals surface area contributed by atoms with Gasteiger partial charge in [0.15, 0.2) is 0 Å². The van der Waals surface area contributed by atoms with E-state index in [0.29, 0.717) is 73.0 Å². The van der Waals surface area contributed by atoms with E-state index >= 15 is 0 Å². The summed E-state index contributed by atoms with van der Waals surface area (Å²) in [7, 11) is 0. The van der Waals surface area contributed by atoms with Crippen molar-refractivity contribution in [1.29, 1.82) is 0 Å². The Labute approximate surface area is 294 Å². The summed E-state index contributed by atoms with van der Waals surface area (Å²) in [5.74, 6) is -0.549. The van der Waals surface area contributed by atoms with Gasteiger partial charge >= 0.3 is 29.8 Å². The second-order valence-corrected chi connectivity index (χ2v) is 10.7. The Morgan fingerprint density at radius 2 is 0.843 bits per heavy atom. The molecular formula is C39H36O12. The van der Waals surface area contributed by atoms with E-state index in [1.165, 1.54) is 24.3 Å². The van der Waals surface area contributed by atoms with Gasteiger partial charge in [-0.1, -0.05) is 13.2 Å². The summed E-state index contributed by atoms with van der Waals surface area (Å²) in [5, 5.41) is 0. The van der Waals surface area contributed by atoms with Crippen LogP contribution in [-0.2, 0) is 28.5 Å². The molecule has 0 spiro atoms. The molecule has 0 aliphatic heterocycles. The number of hydrogen-bond acceptors (Lipinski definition) is 12. The Morgan fingerprint density at radius 3 is 1.20 bits per heavy atom. The molecule has 1 aliphatic carbocycles. The number of benzene rings is 3. The van der Waals surface area contributed by atoms with Crippen molar-refractivity contribution in [3.05, 3.63) is 138 Å². The zero-order valence-electron chi connectivity index (χ0n) is 27.7. The van der Waals surface area contributed by atoms with Gasteiger partial charge in [-0.25, -0.2) is 24.0 Å². The lowest BCUT2D eigenvalue weighted by Crippen LogP contribution is -2.11. The Kier molecular flexibility index (Phi) is 14.3. The lowest BCUT2D eigenvalue weighted by atomic mass is 10.1. The zero-order valence-corrected chi connectivity index (χ0v) is 27.7. The van der Waals surface area contributed by atoms with Crippen LogP contribution in [-0.4, -0.2) is 56.3 Å². The SMILES string of the molecule is C=CC(=O)OCCCOc1ccc(C(=O)OC2=CC=C(OC(=O)c3ccc(OC(=O)c4ccc(OCCCOC(=O)C=C)cc4)cc3)CC2)cc1. The number of esters is 5. The minimum atomic E-state index is -0.595. The van der Waals surface area contributed by atoms with Gasteiger partial charge in [-0.2, -0.15) is 0 Å². The van der Waals surface area contributed by atoms with E-state index in [1.807, 2.05) is 0 Å². The van der Waals surface area contributed by atoms with Crippen molar-refractivity contribution >= 4 is 29.8 Å². The number of carbonyl (C=O) groups excluding carboxylic acids is 5. The molecule has 0 saturated carbocycles. The maximum absolute atomic E-state index is 12.7. The Bertz CT molecular complexity index is 1770. The van der Waals surface area contributed by atoms with Gasteiger partial charge in [-0.15, -0.1) is 0 Å². The monoisotopic (exact) mass is 696 g/mol. The summed E-state index contributed by atoms with van der Waals surface area (Å²) >= 11 is 0. The predicted octanol–water partition coefficient (Wildman–Crippen LogP) is 6.48. The predicted molar refractivity (Wildman–Crippen MR) is 183 cm³/mol. The quantitative estimate of drug-likeness (QED) is 0.0471. The van der Waals surface area contributed by atoms with E-state index < -0.39 is 29.8 Å². The van der Waals surface area contributed by atoms with Crippen LogP contribution in [0.3, 0.4) is 0 Å². The highest BCUT2D eigenvalue weighted by molar-refractivity contribution is 5.92. The maximum atomic E-state index is 12.7. The van der Waals surface area contributed by atoms with Crippen molar-refractivity contribution in [2.75, 3.05) is 26.4 Å². The molecule has 0 radical (unpaired) electrons. The maximum Gasteiger partial charge on any atom is 0.343 e. The van der Waals surface area contributed by atoms with Crippen LogP contribution in [0.15, 0.2) is 122 Å². The highest BCUT2D eigenvalue weighted by Gasteiger charge is 2.18. The first-order chi connectivity index (χ1) is 24.7. The van der Waals surface area contributed by atoms with Crippen LogP contribution < -0.4 is 14.2 Å². The largest absolute Gasteiger partial charge is 0.493 e. The summed E-state index contributed by atoms with van der Waals surface area (Å²) in [5.41, 5.74) is 0.885. The average Bonchev–Trinajstić information content (AvgIpc) is 3.15. The number of allylic oxidation sites excluding steroid dienone is 4. The molecule has 0 saturated heterocycles. The van der Waals surface area contributed by atoms with E-state index in [9.17, 15) is 24.0 Å². The van der Waals surface area contributed by atoms with Crippen LogP contribution in [0, 0.1) is 0 Å².